The van der Waals surface area contributed by atoms with E-state index in [0.717, 1.165) is 13.1 Å². The summed E-state index contributed by atoms with van der Waals surface area (Å²) in [6, 6.07) is 0. The zero-order chi connectivity index (χ0) is 13.1. The van der Waals surface area contributed by atoms with Crippen molar-refractivity contribution in [1.82, 2.24) is 4.90 Å². The minimum absolute atomic E-state index is 0.207. The fourth-order valence-electron chi connectivity index (χ4n) is 2.57. The average molecular weight is 246 g/mol. The molecule has 1 saturated heterocycles. The van der Waals surface area contributed by atoms with Crippen LogP contribution in [0.1, 0.15) is 20.8 Å². The van der Waals surface area contributed by atoms with Crippen molar-refractivity contribution in [3.63, 3.8) is 0 Å². The zero-order valence-electron chi connectivity index (χ0n) is 11.6. The summed E-state index contributed by atoms with van der Waals surface area (Å²) in [6.07, 6.45) is 0.0861. The van der Waals surface area contributed by atoms with Crippen LogP contribution < -0.4 is 5.73 Å². The molecule has 102 valence electrons. The van der Waals surface area contributed by atoms with Crippen molar-refractivity contribution in [2.45, 2.75) is 44.8 Å². The van der Waals surface area contributed by atoms with Crippen molar-refractivity contribution in [1.29, 1.82) is 0 Å². The molecule has 0 saturated carbocycles. The fraction of sp³-hybridized carbons (Fsp3) is 1.00. The summed E-state index contributed by atoms with van der Waals surface area (Å²) in [5, 5.41) is 0. The zero-order valence-corrected chi connectivity index (χ0v) is 11.6. The van der Waals surface area contributed by atoms with Crippen LogP contribution >= 0.6 is 0 Å². The van der Waals surface area contributed by atoms with Gasteiger partial charge in [0, 0.05) is 33.9 Å². The molecule has 17 heavy (non-hydrogen) atoms. The molecule has 0 amide bonds. The average Bonchev–Trinajstić information content (AvgIpc) is 2.28. The van der Waals surface area contributed by atoms with Crippen LogP contribution in [0.25, 0.3) is 0 Å². The molecule has 0 aromatic carbocycles. The van der Waals surface area contributed by atoms with Crippen LogP contribution in [-0.4, -0.2) is 62.8 Å². The third kappa shape index (κ3) is 3.17. The summed E-state index contributed by atoms with van der Waals surface area (Å²) in [7, 11) is 3.30. The Kier molecular flexibility index (Phi) is 5.34. The molecule has 0 bridgehead atoms. The molecule has 1 fully saturated rings. The second-order valence-electron chi connectivity index (χ2n) is 5.03. The molecular formula is C12H26N2O3. The number of methoxy groups -OCH3 is 2. The van der Waals surface area contributed by atoms with Gasteiger partial charge in [0.25, 0.3) is 0 Å². The Morgan fingerprint density at radius 2 is 1.76 bits per heavy atom. The van der Waals surface area contributed by atoms with Gasteiger partial charge in [0.1, 0.15) is 0 Å². The lowest BCUT2D eigenvalue weighted by Gasteiger charge is -2.48. The molecule has 0 spiro atoms. The Morgan fingerprint density at radius 1 is 1.29 bits per heavy atom. The van der Waals surface area contributed by atoms with Crippen LogP contribution in [0.15, 0.2) is 0 Å². The molecule has 0 aromatic rings. The first-order chi connectivity index (χ1) is 7.97. The Bertz CT molecular complexity index is 226. The standard InChI is InChI=1S/C12H26N2O3/c1-9-6-14(7-10(2)17-9)12(3,8-13)11(15-4)16-5/h9-11H,6-8,13H2,1-5H3. The van der Waals surface area contributed by atoms with Crippen LogP contribution in [0.3, 0.4) is 0 Å². The van der Waals surface area contributed by atoms with Crippen LogP contribution in [0.4, 0.5) is 0 Å². The van der Waals surface area contributed by atoms with Gasteiger partial charge < -0.3 is 19.9 Å². The highest BCUT2D eigenvalue weighted by Gasteiger charge is 2.42. The maximum absolute atomic E-state index is 5.94. The lowest BCUT2D eigenvalue weighted by atomic mass is 9.96. The van der Waals surface area contributed by atoms with Gasteiger partial charge in [-0.1, -0.05) is 0 Å². The molecule has 3 unspecified atom stereocenters. The van der Waals surface area contributed by atoms with Gasteiger partial charge in [0.2, 0.25) is 0 Å². The summed E-state index contributed by atoms with van der Waals surface area (Å²) >= 11 is 0. The van der Waals surface area contributed by atoms with Gasteiger partial charge in [-0.2, -0.15) is 0 Å². The van der Waals surface area contributed by atoms with Crippen LogP contribution in [0.2, 0.25) is 0 Å². The van der Waals surface area contributed by atoms with E-state index in [4.69, 9.17) is 19.9 Å². The summed E-state index contributed by atoms with van der Waals surface area (Å²) in [5.41, 5.74) is 5.61. The summed E-state index contributed by atoms with van der Waals surface area (Å²) in [4.78, 5) is 2.31. The number of ether oxygens (including phenoxy) is 3. The highest BCUT2D eigenvalue weighted by atomic mass is 16.7. The molecule has 1 heterocycles. The molecule has 0 aliphatic carbocycles. The van der Waals surface area contributed by atoms with E-state index < -0.39 is 0 Å². The number of nitrogens with two attached hydrogens (primary N) is 1. The molecule has 2 N–H and O–H groups in total. The monoisotopic (exact) mass is 246 g/mol. The molecule has 0 aromatic heterocycles. The van der Waals surface area contributed by atoms with Crippen LogP contribution in [0.5, 0.6) is 0 Å². The number of nitrogens with zero attached hydrogens (tertiary/aromatic N) is 1. The third-order valence-electron chi connectivity index (χ3n) is 3.49. The van der Waals surface area contributed by atoms with E-state index in [1.165, 1.54) is 0 Å². The first-order valence-corrected chi connectivity index (χ1v) is 6.14. The maximum Gasteiger partial charge on any atom is 0.176 e. The molecular weight excluding hydrogens is 220 g/mol. The van der Waals surface area contributed by atoms with Gasteiger partial charge >= 0.3 is 0 Å². The Morgan fingerprint density at radius 3 is 2.12 bits per heavy atom. The van der Waals surface area contributed by atoms with E-state index in [2.05, 4.69) is 25.7 Å². The number of rotatable bonds is 5. The molecule has 1 aliphatic rings. The maximum atomic E-state index is 5.94. The smallest absolute Gasteiger partial charge is 0.176 e. The lowest BCUT2D eigenvalue weighted by molar-refractivity contribution is -0.203. The second-order valence-corrected chi connectivity index (χ2v) is 5.03. The van der Waals surface area contributed by atoms with Crippen LogP contribution in [0, 0.1) is 0 Å². The van der Waals surface area contributed by atoms with Gasteiger partial charge in [0.15, 0.2) is 6.29 Å². The van der Waals surface area contributed by atoms with Gasteiger partial charge in [-0.15, -0.1) is 0 Å². The summed E-state index contributed by atoms with van der Waals surface area (Å²) < 4.78 is 16.5. The SMILES string of the molecule is COC(OC)C(C)(CN)N1CC(C)OC(C)C1. The largest absolute Gasteiger partial charge is 0.373 e. The molecule has 0 radical (unpaired) electrons. The van der Waals surface area contributed by atoms with E-state index in [0.29, 0.717) is 6.54 Å². The van der Waals surface area contributed by atoms with Crippen molar-refractivity contribution in [2.75, 3.05) is 33.9 Å². The van der Waals surface area contributed by atoms with E-state index in [-0.39, 0.29) is 24.0 Å². The summed E-state index contributed by atoms with van der Waals surface area (Å²) in [5.74, 6) is 0. The van der Waals surface area contributed by atoms with Crippen molar-refractivity contribution >= 4 is 0 Å². The number of morpholine rings is 1. The number of hydrogen-bond acceptors (Lipinski definition) is 5. The molecule has 1 aliphatic heterocycles. The Labute approximate surface area is 104 Å². The number of hydrogen-bond donors (Lipinski definition) is 1. The predicted octanol–water partition coefficient (Wildman–Crippen LogP) is 0.432. The normalized spacial score (nSPS) is 30.5. The second kappa shape index (κ2) is 6.11. The molecule has 1 rings (SSSR count). The van der Waals surface area contributed by atoms with Crippen LogP contribution in [-0.2, 0) is 14.2 Å². The van der Waals surface area contributed by atoms with E-state index in [1.54, 1.807) is 14.2 Å². The van der Waals surface area contributed by atoms with E-state index >= 15 is 0 Å². The van der Waals surface area contributed by atoms with Crippen molar-refractivity contribution in [3.8, 4) is 0 Å². The minimum atomic E-state index is -0.329. The molecule has 5 heteroatoms. The van der Waals surface area contributed by atoms with Crippen molar-refractivity contribution < 1.29 is 14.2 Å². The molecule has 3 atom stereocenters. The first kappa shape index (κ1) is 14.9. The van der Waals surface area contributed by atoms with Gasteiger partial charge in [-0.25, -0.2) is 0 Å². The first-order valence-electron chi connectivity index (χ1n) is 6.14. The topological polar surface area (TPSA) is 57.0 Å². The highest BCUT2D eigenvalue weighted by Crippen LogP contribution is 2.25. The Balaban J connectivity index is 2.83. The van der Waals surface area contributed by atoms with E-state index in [1.807, 2.05) is 0 Å². The van der Waals surface area contributed by atoms with Gasteiger partial charge in [0.05, 0.1) is 17.7 Å². The Hall–Kier alpha value is -0.200. The highest BCUT2D eigenvalue weighted by molar-refractivity contribution is 4.94. The summed E-state index contributed by atoms with van der Waals surface area (Å²) in [6.45, 7) is 8.42. The van der Waals surface area contributed by atoms with Gasteiger partial charge in [-0.05, 0) is 20.8 Å². The lowest BCUT2D eigenvalue weighted by Crippen LogP contribution is -2.65. The van der Waals surface area contributed by atoms with Gasteiger partial charge in [-0.3, -0.25) is 4.90 Å². The molecule has 5 nitrogen and oxygen atoms in total. The third-order valence-corrected chi connectivity index (χ3v) is 3.49. The fourth-order valence-corrected chi connectivity index (χ4v) is 2.57. The predicted molar refractivity (Wildman–Crippen MR) is 66.8 cm³/mol. The minimum Gasteiger partial charge on any atom is -0.373 e. The quantitative estimate of drug-likeness (QED) is 0.713. The van der Waals surface area contributed by atoms with Crippen molar-refractivity contribution in [3.05, 3.63) is 0 Å². The van der Waals surface area contributed by atoms with E-state index in [9.17, 15) is 0 Å². The van der Waals surface area contributed by atoms with Crippen molar-refractivity contribution in [2.24, 2.45) is 5.73 Å².